The standard InChI is InChI=1S/C16H32N2/c1-3-4-5-6-7-9-15(2)18-13-16(14-18)10-8-11-17-12-16/h15,17H,3-14H2,1-2H3. The van der Waals surface area contributed by atoms with Gasteiger partial charge in [0.1, 0.15) is 0 Å². The zero-order valence-electron chi connectivity index (χ0n) is 12.5. The summed E-state index contributed by atoms with van der Waals surface area (Å²) in [7, 11) is 0. The zero-order chi connectivity index (χ0) is 12.8. The summed E-state index contributed by atoms with van der Waals surface area (Å²) in [6.45, 7) is 9.96. The average Bonchev–Trinajstić information content (AvgIpc) is 2.36. The largest absolute Gasteiger partial charge is 0.316 e. The maximum absolute atomic E-state index is 3.58. The first-order valence-electron chi connectivity index (χ1n) is 8.20. The Hall–Kier alpha value is -0.0800. The van der Waals surface area contributed by atoms with Crippen LogP contribution in [0.2, 0.25) is 0 Å². The smallest absolute Gasteiger partial charge is 0.00829 e. The molecule has 106 valence electrons. The topological polar surface area (TPSA) is 15.3 Å². The Morgan fingerprint density at radius 1 is 1.17 bits per heavy atom. The van der Waals surface area contributed by atoms with Crippen molar-refractivity contribution in [2.24, 2.45) is 5.41 Å². The Morgan fingerprint density at radius 3 is 2.61 bits per heavy atom. The van der Waals surface area contributed by atoms with E-state index in [1.807, 2.05) is 0 Å². The molecule has 2 heterocycles. The summed E-state index contributed by atoms with van der Waals surface area (Å²) in [5.74, 6) is 0. The van der Waals surface area contributed by atoms with Crippen molar-refractivity contribution in [3.63, 3.8) is 0 Å². The van der Waals surface area contributed by atoms with Crippen molar-refractivity contribution >= 4 is 0 Å². The molecule has 2 aliphatic rings. The van der Waals surface area contributed by atoms with Crippen molar-refractivity contribution in [3.8, 4) is 0 Å². The van der Waals surface area contributed by atoms with Crippen LogP contribution < -0.4 is 5.32 Å². The van der Waals surface area contributed by atoms with E-state index in [4.69, 9.17) is 0 Å². The zero-order valence-corrected chi connectivity index (χ0v) is 12.5. The molecule has 2 fully saturated rings. The van der Waals surface area contributed by atoms with E-state index in [2.05, 4.69) is 24.1 Å². The molecule has 0 amide bonds. The van der Waals surface area contributed by atoms with Crippen LogP contribution in [0.25, 0.3) is 0 Å². The summed E-state index contributed by atoms with van der Waals surface area (Å²) in [6, 6.07) is 0.819. The SMILES string of the molecule is CCCCCCCC(C)N1CC2(CCCNC2)C1. The minimum absolute atomic E-state index is 0.661. The van der Waals surface area contributed by atoms with E-state index in [-0.39, 0.29) is 0 Å². The van der Waals surface area contributed by atoms with Crippen molar-refractivity contribution in [2.75, 3.05) is 26.2 Å². The highest BCUT2D eigenvalue weighted by atomic mass is 15.2. The van der Waals surface area contributed by atoms with Gasteiger partial charge in [-0.3, -0.25) is 4.90 Å². The summed E-state index contributed by atoms with van der Waals surface area (Å²) < 4.78 is 0. The van der Waals surface area contributed by atoms with Crippen molar-refractivity contribution in [3.05, 3.63) is 0 Å². The average molecular weight is 252 g/mol. The first kappa shape index (κ1) is 14.3. The third-order valence-electron chi connectivity index (χ3n) is 4.99. The van der Waals surface area contributed by atoms with Crippen LogP contribution in [0.15, 0.2) is 0 Å². The molecule has 1 atom stereocenters. The third-order valence-corrected chi connectivity index (χ3v) is 4.99. The number of nitrogens with zero attached hydrogens (tertiary/aromatic N) is 1. The molecule has 2 heteroatoms. The van der Waals surface area contributed by atoms with Crippen LogP contribution in [0.1, 0.15) is 65.2 Å². The normalized spacial score (nSPS) is 25.0. The van der Waals surface area contributed by atoms with E-state index in [9.17, 15) is 0 Å². The van der Waals surface area contributed by atoms with Gasteiger partial charge in [-0.2, -0.15) is 0 Å². The monoisotopic (exact) mass is 252 g/mol. The van der Waals surface area contributed by atoms with Crippen LogP contribution >= 0.6 is 0 Å². The molecule has 2 saturated heterocycles. The van der Waals surface area contributed by atoms with Crippen molar-refractivity contribution in [1.29, 1.82) is 0 Å². The second-order valence-electron chi connectivity index (χ2n) is 6.74. The number of rotatable bonds is 7. The summed E-state index contributed by atoms with van der Waals surface area (Å²) in [5, 5.41) is 3.58. The third kappa shape index (κ3) is 3.71. The predicted molar refractivity (Wildman–Crippen MR) is 78.9 cm³/mol. The molecule has 2 nitrogen and oxygen atoms in total. The molecule has 1 spiro atoms. The van der Waals surface area contributed by atoms with Gasteiger partial charge in [-0.25, -0.2) is 0 Å². The maximum Gasteiger partial charge on any atom is 0.00829 e. The van der Waals surface area contributed by atoms with Gasteiger partial charge >= 0.3 is 0 Å². The molecular weight excluding hydrogens is 220 g/mol. The minimum atomic E-state index is 0.661. The Kier molecular flexibility index (Phi) is 5.50. The molecule has 2 rings (SSSR count). The lowest BCUT2D eigenvalue weighted by Crippen LogP contribution is -2.64. The Morgan fingerprint density at radius 2 is 1.94 bits per heavy atom. The highest BCUT2D eigenvalue weighted by Crippen LogP contribution is 2.38. The molecule has 0 aromatic heterocycles. The fourth-order valence-electron chi connectivity index (χ4n) is 3.65. The Labute approximate surface area is 114 Å². The summed E-state index contributed by atoms with van der Waals surface area (Å²) in [6.07, 6.45) is 11.4. The number of piperidine rings is 1. The first-order valence-corrected chi connectivity index (χ1v) is 8.20. The van der Waals surface area contributed by atoms with Crippen LogP contribution in [0.4, 0.5) is 0 Å². The molecule has 18 heavy (non-hydrogen) atoms. The molecule has 0 bridgehead atoms. The van der Waals surface area contributed by atoms with Crippen molar-refractivity contribution in [1.82, 2.24) is 10.2 Å². The van der Waals surface area contributed by atoms with Crippen LogP contribution in [-0.2, 0) is 0 Å². The molecule has 0 aromatic rings. The van der Waals surface area contributed by atoms with Crippen molar-refractivity contribution in [2.45, 2.75) is 71.3 Å². The van der Waals surface area contributed by atoms with Gasteiger partial charge in [0.25, 0.3) is 0 Å². The molecular formula is C16H32N2. The minimum Gasteiger partial charge on any atom is -0.316 e. The van der Waals surface area contributed by atoms with Gasteiger partial charge in [0, 0.05) is 31.1 Å². The number of hydrogen-bond donors (Lipinski definition) is 1. The van der Waals surface area contributed by atoms with E-state index < -0.39 is 0 Å². The van der Waals surface area contributed by atoms with Gasteiger partial charge in [0.05, 0.1) is 0 Å². The first-order chi connectivity index (χ1) is 8.76. The Bertz CT molecular complexity index is 225. The van der Waals surface area contributed by atoms with Crippen molar-refractivity contribution < 1.29 is 0 Å². The van der Waals surface area contributed by atoms with E-state index >= 15 is 0 Å². The fourth-order valence-corrected chi connectivity index (χ4v) is 3.65. The number of nitrogens with one attached hydrogen (secondary N) is 1. The Balaban J connectivity index is 1.56. The van der Waals surface area contributed by atoms with Gasteiger partial charge in [-0.1, -0.05) is 39.0 Å². The molecule has 0 saturated carbocycles. The van der Waals surface area contributed by atoms with E-state index in [1.54, 1.807) is 0 Å². The second kappa shape index (κ2) is 6.91. The highest BCUT2D eigenvalue weighted by Gasteiger charge is 2.44. The fraction of sp³-hybridized carbons (Fsp3) is 1.00. The van der Waals surface area contributed by atoms with Crippen LogP contribution in [-0.4, -0.2) is 37.1 Å². The molecule has 0 aliphatic carbocycles. The summed E-state index contributed by atoms with van der Waals surface area (Å²) in [5.41, 5.74) is 0.661. The lowest BCUT2D eigenvalue weighted by molar-refractivity contribution is -0.0435. The maximum atomic E-state index is 3.58. The molecule has 1 unspecified atom stereocenters. The van der Waals surface area contributed by atoms with Gasteiger partial charge in [0.2, 0.25) is 0 Å². The molecule has 1 N–H and O–H groups in total. The lowest BCUT2D eigenvalue weighted by atomic mass is 9.73. The number of likely N-dealkylation sites (tertiary alicyclic amines) is 1. The van der Waals surface area contributed by atoms with Gasteiger partial charge in [-0.15, -0.1) is 0 Å². The number of hydrogen-bond acceptors (Lipinski definition) is 2. The quantitative estimate of drug-likeness (QED) is 0.698. The van der Waals surface area contributed by atoms with Crippen LogP contribution in [0.3, 0.4) is 0 Å². The van der Waals surface area contributed by atoms with E-state index in [0.717, 1.165) is 6.04 Å². The van der Waals surface area contributed by atoms with Crippen LogP contribution in [0.5, 0.6) is 0 Å². The summed E-state index contributed by atoms with van der Waals surface area (Å²) >= 11 is 0. The molecule has 2 aliphatic heterocycles. The highest BCUT2D eigenvalue weighted by molar-refractivity contribution is 4.99. The number of unbranched alkanes of at least 4 members (excludes halogenated alkanes) is 4. The molecule has 0 radical (unpaired) electrons. The predicted octanol–water partition coefficient (Wildman–Crippen LogP) is 3.42. The summed E-state index contributed by atoms with van der Waals surface area (Å²) in [4.78, 5) is 2.72. The van der Waals surface area contributed by atoms with Crippen LogP contribution in [0, 0.1) is 5.41 Å². The lowest BCUT2D eigenvalue weighted by Gasteiger charge is -2.55. The second-order valence-corrected chi connectivity index (χ2v) is 6.74. The van der Waals surface area contributed by atoms with Gasteiger partial charge in [0.15, 0.2) is 0 Å². The van der Waals surface area contributed by atoms with Gasteiger partial charge < -0.3 is 5.32 Å². The molecule has 0 aromatic carbocycles. The van der Waals surface area contributed by atoms with E-state index in [0.29, 0.717) is 5.41 Å². The van der Waals surface area contributed by atoms with Gasteiger partial charge in [-0.05, 0) is 32.7 Å². The van der Waals surface area contributed by atoms with E-state index in [1.165, 1.54) is 77.5 Å².